The van der Waals surface area contributed by atoms with Gasteiger partial charge in [-0.2, -0.15) is 0 Å². The molecular weight excluding hydrogens is 218 g/mol. The fraction of sp³-hybridized carbons (Fsp3) is 0.462. The number of rotatable bonds is 4. The van der Waals surface area contributed by atoms with Crippen LogP contribution in [0.1, 0.15) is 19.3 Å². The molecule has 4 heteroatoms. The zero-order chi connectivity index (χ0) is 12.1. The van der Waals surface area contributed by atoms with E-state index in [1.807, 2.05) is 18.2 Å². The normalized spacial score (nSPS) is 15.6. The van der Waals surface area contributed by atoms with Crippen LogP contribution in [0.5, 0.6) is 5.75 Å². The van der Waals surface area contributed by atoms with Gasteiger partial charge in [0.15, 0.2) is 6.61 Å². The standard InChI is InChI=1S/C13H17NO3/c15-13(16)10-17-12-6-4-5-11(9-12)14-7-2-1-3-8-14/h4-6,9H,1-3,7-8,10H2,(H,15,16). The van der Waals surface area contributed by atoms with Crippen molar-refractivity contribution < 1.29 is 14.6 Å². The van der Waals surface area contributed by atoms with Gasteiger partial charge in [-0.05, 0) is 31.4 Å². The maximum absolute atomic E-state index is 10.4. The van der Waals surface area contributed by atoms with E-state index >= 15 is 0 Å². The van der Waals surface area contributed by atoms with E-state index < -0.39 is 5.97 Å². The van der Waals surface area contributed by atoms with E-state index in [-0.39, 0.29) is 6.61 Å². The van der Waals surface area contributed by atoms with Crippen LogP contribution in [0, 0.1) is 0 Å². The van der Waals surface area contributed by atoms with Gasteiger partial charge in [0.2, 0.25) is 0 Å². The van der Waals surface area contributed by atoms with Gasteiger partial charge in [-0.3, -0.25) is 0 Å². The fourth-order valence-electron chi connectivity index (χ4n) is 2.07. The third-order valence-electron chi connectivity index (χ3n) is 2.90. The van der Waals surface area contributed by atoms with Gasteiger partial charge in [-0.25, -0.2) is 4.79 Å². The molecule has 0 saturated carbocycles. The van der Waals surface area contributed by atoms with E-state index in [0.29, 0.717) is 5.75 Å². The molecule has 0 aliphatic carbocycles. The molecule has 92 valence electrons. The Morgan fingerprint density at radius 3 is 2.76 bits per heavy atom. The molecule has 4 nitrogen and oxygen atoms in total. The lowest BCUT2D eigenvalue weighted by Crippen LogP contribution is -2.29. The SMILES string of the molecule is O=C(O)COc1cccc(N2CCCCC2)c1. The lowest BCUT2D eigenvalue weighted by atomic mass is 10.1. The van der Waals surface area contributed by atoms with Gasteiger partial charge in [0.05, 0.1) is 0 Å². The van der Waals surface area contributed by atoms with Crippen LogP contribution in [0.3, 0.4) is 0 Å². The van der Waals surface area contributed by atoms with Gasteiger partial charge >= 0.3 is 5.97 Å². The smallest absolute Gasteiger partial charge is 0.341 e. The first-order valence-corrected chi connectivity index (χ1v) is 5.95. The molecule has 0 radical (unpaired) electrons. The Kier molecular flexibility index (Phi) is 3.85. The van der Waals surface area contributed by atoms with Gasteiger partial charge in [-0.15, -0.1) is 0 Å². The molecule has 1 aliphatic rings. The van der Waals surface area contributed by atoms with Gasteiger partial charge < -0.3 is 14.7 Å². The highest BCUT2D eigenvalue weighted by Crippen LogP contribution is 2.24. The molecule has 0 amide bonds. The van der Waals surface area contributed by atoms with E-state index in [1.54, 1.807) is 6.07 Å². The number of carbonyl (C=O) groups is 1. The third kappa shape index (κ3) is 3.37. The summed E-state index contributed by atoms with van der Waals surface area (Å²) in [6.45, 7) is 1.86. The zero-order valence-electron chi connectivity index (χ0n) is 9.76. The summed E-state index contributed by atoms with van der Waals surface area (Å²) in [5.74, 6) is -0.330. The number of benzene rings is 1. The van der Waals surface area contributed by atoms with Crippen molar-refractivity contribution in [3.8, 4) is 5.75 Å². The van der Waals surface area contributed by atoms with Crippen molar-refractivity contribution in [1.82, 2.24) is 0 Å². The average molecular weight is 235 g/mol. The lowest BCUT2D eigenvalue weighted by molar-refractivity contribution is -0.139. The highest BCUT2D eigenvalue weighted by atomic mass is 16.5. The number of ether oxygens (including phenoxy) is 1. The molecule has 1 aromatic carbocycles. The molecule has 1 N–H and O–H groups in total. The third-order valence-corrected chi connectivity index (χ3v) is 2.90. The van der Waals surface area contributed by atoms with Crippen molar-refractivity contribution in [3.05, 3.63) is 24.3 Å². The quantitative estimate of drug-likeness (QED) is 0.868. The maximum Gasteiger partial charge on any atom is 0.341 e. The summed E-state index contributed by atoms with van der Waals surface area (Å²) in [5, 5.41) is 8.56. The average Bonchev–Trinajstić information content (AvgIpc) is 2.38. The van der Waals surface area contributed by atoms with Crippen LogP contribution in [-0.4, -0.2) is 30.8 Å². The largest absolute Gasteiger partial charge is 0.482 e. The van der Waals surface area contributed by atoms with E-state index in [1.165, 1.54) is 19.3 Å². The highest BCUT2D eigenvalue weighted by molar-refractivity contribution is 5.68. The summed E-state index contributed by atoms with van der Waals surface area (Å²) in [5.41, 5.74) is 1.12. The molecule has 2 rings (SSSR count). The minimum Gasteiger partial charge on any atom is -0.482 e. The number of carboxylic acid groups (broad SMARTS) is 1. The van der Waals surface area contributed by atoms with Gasteiger partial charge in [0.25, 0.3) is 0 Å². The topological polar surface area (TPSA) is 49.8 Å². The zero-order valence-corrected chi connectivity index (χ0v) is 9.76. The molecule has 1 aromatic rings. The number of hydrogen-bond donors (Lipinski definition) is 1. The predicted octanol–water partition coefficient (Wildman–Crippen LogP) is 2.14. The van der Waals surface area contributed by atoms with E-state index in [2.05, 4.69) is 4.90 Å². The van der Waals surface area contributed by atoms with Gasteiger partial charge in [0.1, 0.15) is 5.75 Å². The van der Waals surface area contributed by atoms with Gasteiger partial charge in [0, 0.05) is 24.8 Å². The molecular formula is C13H17NO3. The summed E-state index contributed by atoms with van der Waals surface area (Å²) >= 11 is 0. The Labute approximate surface area is 101 Å². The molecule has 17 heavy (non-hydrogen) atoms. The molecule has 0 aromatic heterocycles. The first-order valence-electron chi connectivity index (χ1n) is 5.95. The summed E-state index contributed by atoms with van der Waals surface area (Å²) in [6.07, 6.45) is 3.74. The van der Waals surface area contributed by atoms with Crippen LogP contribution in [-0.2, 0) is 4.79 Å². The second kappa shape index (κ2) is 5.57. The van der Waals surface area contributed by atoms with Crippen molar-refractivity contribution in [3.63, 3.8) is 0 Å². The molecule has 1 saturated heterocycles. The first-order chi connectivity index (χ1) is 8.25. The van der Waals surface area contributed by atoms with Crippen LogP contribution >= 0.6 is 0 Å². The molecule has 0 unspecified atom stereocenters. The minimum absolute atomic E-state index is 0.288. The van der Waals surface area contributed by atoms with Crippen molar-refractivity contribution in [1.29, 1.82) is 0 Å². The number of hydrogen-bond acceptors (Lipinski definition) is 3. The van der Waals surface area contributed by atoms with Gasteiger partial charge in [-0.1, -0.05) is 6.07 Å². The second-order valence-corrected chi connectivity index (χ2v) is 4.23. The number of nitrogens with zero attached hydrogens (tertiary/aromatic N) is 1. The van der Waals surface area contributed by atoms with Crippen LogP contribution in [0.25, 0.3) is 0 Å². The molecule has 1 aliphatic heterocycles. The maximum atomic E-state index is 10.4. The van der Waals surface area contributed by atoms with Crippen molar-refractivity contribution >= 4 is 11.7 Å². The fourth-order valence-corrected chi connectivity index (χ4v) is 2.07. The minimum atomic E-state index is -0.951. The van der Waals surface area contributed by atoms with Crippen LogP contribution in [0.4, 0.5) is 5.69 Å². The van der Waals surface area contributed by atoms with Crippen LogP contribution in [0.15, 0.2) is 24.3 Å². The van der Waals surface area contributed by atoms with Crippen molar-refractivity contribution in [2.24, 2.45) is 0 Å². The van der Waals surface area contributed by atoms with E-state index in [4.69, 9.17) is 9.84 Å². The predicted molar refractivity (Wildman–Crippen MR) is 65.6 cm³/mol. The molecule has 1 heterocycles. The lowest BCUT2D eigenvalue weighted by Gasteiger charge is -2.29. The number of piperidine rings is 1. The number of aliphatic carboxylic acids is 1. The molecule has 0 spiro atoms. The molecule has 1 fully saturated rings. The number of anilines is 1. The summed E-state index contributed by atoms with van der Waals surface area (Å²) in [4.78, 5) is 12.7. The molecule has 0 bridgehead atoms. The molecule has 0 atom stereocenters. The Balaban J connectivity index is 2.02. The van der Waals surface area contributed by atoms with Crippen LogP contribution < -0.4 is 9.64 Å². The van der Waals surface area contributed by atoms with E-state index in [9.17, 15) is 4.79 Å². The first kappa shape index (κ1) is 11.8. The number of carboxylic acids is 1. The Bertz CT molecular complexity index is 386. The van der Waals surface area contributed by atoms with Crippen molar-refractivity contribution in [2.45, 2.75) is 19.3 Å². The Hall–Kier alpha value is -1.71. The highest BCUT2D eigenvalue weighted by Gasteiger charge is 2.11. The second-order valence-electron chi connectivity index (χ2n) is 4.23. The summed E-state index contributed by atoms with van der Waals surface area (Å²) in [6, 6.07) is 7.64. The van der Waals surface area contributed by atoms with Crippen molar-refractivity contribution in [2.75, 3.05) is 24.6 Å². The summed E-state index contributed by atoms with van der Waals surface area (Å²) in [7, 11) is 0. The summed E-state index contributed by atoms with van der Waals surface area (Å²) < 4.78 is 5.17. The van der Waals surface area contributed by atoms with E-state index in [0.717, 1.165) is 18.8 Å². The van der Waals surface area contributed by atoms with Crippen LogP contribution in [0.2, 0.25) is 0 Å². The Morgan fingerprint density at radius 1 is 1.29 bits per heavy atom. The Morgan fingerprint density at radius 2 is 2.06 bits per heavy atom. The monoisotopic (exact) mass is 235 g/mol.